The van der Waals surface area contributed by atoms with Crippen molar-refractivity contribution >= 4 is 11.0 Å². The topological polar surface area (TPSA) is 16.4 Å². The van der Waals surface area contributed by atoms with E-state index in [1.165, 1.54) is 36.1 Å². The molecule has 0 N–H and O–H groups in total. The Balaban J connectivity index is 1.75. The Morgan fingerprint density at radius 1 is 1.18 bits per heavy atom. The minimum Gasteiger partial charge on any atom is -0.460 e. The average Bonchev–Trinajstić information content (AvgIpc) is 2.80. The number of nitrogens with zero attached hydrogens (tertiary/aromatic N) is 1. The molecule has 1 aromatic carbocycles. The lowest BCUT2D eigenvalue weighted by molar-refractivity contribution is -0.0783. The Morgan fingerprint density at radius 3 is 2.82 bits per heavy atom. The molecular formula is C20H25NO. The second-order valence-electron chi connectivity index (χ2n) is 8.46. The van der Waals surface area contributed by atoms with Gasteiger partial charge < -0.3 is 4.42 Å². The highest BCUT2D eigenvalue weighted by molar-refractivity contribution is 5.82. The van der Waals surface area contributed by atoms with E-state index in [-0.39, 0.29) is 0 Å². The van der Waals surface area contributed by atoms with Gasteiger partial charge in [-0.2, -0.15) is 0 Å². The molecule has 0 spiro atoms. The molecule has 6 rings (SSSR count). The van der Waals surface area contributed by atoms with Gasteiger partial charge in [-0.3, -0.25) is 4.90 Å². The molecule has 4 heterocycles. The Kier molecular flexibility index (Phi) is 2.50. The van der Waals surface area contributed by atoms with Gasteiger partial charge in [-0.25, -0.2) is 0 Å². The summed E-state index contributed by atoms with van der Waals surface area (Å²) in [4.78, 5) is 2.81. The molecule has 4 bridgehead atoms. The minimum absolute atomic E-state index is 0.466. The quantitative estimate of drug-likeness (QED) is 0.707. The summed E-state index contributed by atoms with van der Waals surface area (Å²) in [5.74, 6) is 2.69. The van der Waals surface area contributed by atoms with Crippen LogP contribution in [0.2, 0.25) is 0 Å². The summed E-state index contributed by atoms with van der Waals surface area (Å²) in [5, 5.41) is 1.35. The van der Waals surface area contributed by atoms with Crippen molar-refractivity contribution in [3.8, 4) is 0 Å². The van der Waals surface area contributed by atoms with Crippen LogP contribution in [0.25, 0.3) is 11.0 Å². The van der Waals surface area contributed by atoms with E-state index in [1.54, 1.807) is 0 Å². The van der Waals surface area contributed by atoms with E-state index < -0.39 is 0 Å². The summed E-state index contributed by atoms with van der Waals surface area (Å²) in [6.45, 7) is 8.66. The lowest BCUT2D eigenvalue weighted by Gasteiger charge is -2.58. The third-order valence-electron chi connectivity index (χ3n) is 6.60. The average molecular weight is 295 g/mol. The predicted octanol–water partition coefficient (Wildman–Crippen LogP) is 4.58. The first-order chi connectivity index (χ1) is 10.6. The third-order valence-corrected chi connectivity index (χ3v) is 6.60. The van der Waals surface area contributed by atoms with Crippen molar-refractivity contribution in [3.05, 3.63) is 35.6 Å². The number of hydrogen-bond acceptors (Lipinski definition) is 2. The molecule has 0 amide bonds. The lowest BCUT2D eigenvalue weighted by Crippen LogP contribution is -2.61. The number of para-hydroxylation sites is 1. The first-order valence-electron chi connectivity index (χ1n) is 8.82. The summed E-state index contributed by atoms with van der Waals surface area (Å²) < 4.78 is 6.42. The number of hydrogen-bond donors (Lipinski definition) is 0. The maximum Gasteiger partial charge on any atom is 0.134 e. The number of rotatable bonds is 0. The van der Waals surface area contributed by atoms with Crippen molar-refractivity contribution in [2.45, 2.75) is 58.0 Å². The summed E-state index contributed by atoms with van der Waals surface area (Å²) in [5.41, 5.74) is 3.06. The predicted molar refractivity (Wildman–Crippen MR) is 89.1 cm³/mol. The normalized spacial score (nSPS) is 43.1. The summed E-state index contributed by atoms with van der Waals surface area (Å²) in [7, 11) is 0. The van der Waals surface area contributed by atoms with E-state index in [2.05, 4.69) is 49.9 Å². The number of furan rings is 1. The van der Waals surface area contributed by atoms with Crippen LogP contribution >= 0.6 is 0 Å². The smallest absolute Gasteiger partial charge is 0.134 e. The maximum atomic E-state index is 6.42. The summed E-state index contributed by atoms with van der Waals surface area (Å²) >= 11 is 0. The highest BCUT2D eigenvalue weighted by Crippen LogP contribution is 2.56. The van der Waals surface area contributed by atoms with E-state index in [0.717, 1.165) is 17.9 Å². The minimum atomic E-state index is 0.466. The summed E-state index contributed by atoms with van der Waals surface area (Å²) in [6, 6.07) is 9.93. The highest BCUT2D eigenvalue weighted by atomic mass is 16.3. The van der Waals surface area contributed by atoms with Crippen molar-refractivity contribution in [2.24, 2.45) is 11.3 Å². The largest absolute Gasteiger partial charge is 0.460 e. The highest BCUT2D eigenvalue weighted by Gasteiger charge is 2.54. The monoisotopic (exact) mass is 295 g/mol. The Labute approximate surface area is 132 Å². The van der Waals surface area contributed by atoms with Gasteiger partial charge in [0.25, 0.3) is 0 Å². The Morgan fingerprint density at radius 2 is 2.00 bits per heavy atom. The number of piperidine rings is 2. The first-order valence-corrected chi connectivity index (χ1v) is 8.82. The van der Waals surface area contributed by atoms with Gasteiger partial charge in [0, 0.05) is 35.5 Å². The van der Waals surface area contributed by atoms with Crippen molar-refractivity contribution in [3.63, 3.8) is 0 Å². The molecule has 0 radical (unpaired) electrons. The molecule has 4 aliphatic rings. The molecule has 6 unspecified atom stereocenters. The maximum absolute atomic E-state index is 6.42. The molecular weight excluding hydrogens is 270 g/mol. The van der Waals surface area contributed by atoms with Gasteiger partial charge in [-0.1, -0.05) is 32.0 Å². The van der Waals surface area contributed by atoms with Gasteiger partial charge >= 0.3 is 0 Å². The fraction of sp³-hybridized carbons (Fsp3) is 0.600. The second-order valence-corrected chi connectivity index (χ2v) is 8.46. The van der Waals surface area contributed by atoms with Crippen LogP contribution in [0.1, 0.15) is 50.9 Å². The molecule has 3 fully saturated rings. The van der Waals surface area contributed by atoms with Crippen LogP contribution in [0.15, 0.2) is 28.7 Å². The molecule has 1 aliphatic carbocycles. The zero-order chi connectivity index (χ0) is 15.1. The molecule has 2 heteroatoms. The second kappa shape index (κ2) is 4.17. The molecule has 2 aromatic rings. The van der Waals surface area contributed by atoms with Gasteiger partial charge in [-0.05, 0) is 43.6 Å². The van der Waals surface area contributed by atoms with Crippen LogP contribution in [0.5, 0.6) is 0 Å². The molecule has 1 saturated carbocycles. The van der Waals surface area contributed by atoms with Crippen molar-refractivity contribution < 1.29 is 4.42 Å². The van der Waals surface area contributed by atoms with Crippen LogP contribution in [0, 0.1) is 11.3 Å². The lowest BCUT2D eigenvalue weighted by atomic mass is 9.59. The van der Waals surface area contributed by atoms with E-state index in [9.17, 15) is 0 Å². The molecule has 2 nitrogen and oxygen atoms in total. The fourth-order valence-corrected chi connectivity index (χ4v) is 6.00. The zero-order valence-corrected chi connectivity index (χ0v) is 13.8. The third kappa shape index (κ3) is 1.59. The Bertz CT molecular complexity index is 747. The summed E-state index contributed by atoms with van der Waals surface area (Å²) in [6.07, 6.45) is 3.83. The van der Waals surface area contributed by atoms with Gasteiger partial charge in [0.2, 0.25) is 0 Å². The van der Waals surface area contributed by atoms with Gasteiger partial charge in [0.15, 0.2) is 0 Å². The van der Waals surface area contributed by atoms with Crippen LogP contribution < -0.4 is 0 Å². The van der Waals surface area contributed by atoms with Crippen LogP contribution in [-0.4, -0.2) is 23.5 Å². The molecule has 116 valence electrons. The molecule has 3 aliphatic heterocycles. The van der Waals surface area contributed by atoms with Crippen molar-refractivity contribution in [1.82, 2.24) is 4.90 Å². The van der Waals surface area contributed by atoms with Crippen molar-refractivity contribution in [1.29, 1.82) is 0 Å². The van der Waals surface area contributed by atoms with Gasteiger partial charge in [0.05, 0.1) is 0 Å². The van der Waals surface area contributed by atoms with E-state index in [4.69, 9.17) is 4.42 Å². The standard InChI is InChI=1S/C20H25NO/c1-12-9-20(3)10-16-18(12)21(11-20)13(2)8-15-14-6-4-5-7-17(14)22-19(15)16/h4-7,12-13,16,18H,8-11H2,1-3H3. The van der Waals surface area contributed by atoms with Crippen LogP contribution in [-0.2, 0) is 6.42 Å². The van der Waals surface area contributed by atoms with Gasteiger partial charge in [0.1, 0.15) is 11.3 Å². The fourth-order valence-electron chi connectivity index (χ4n) is 6.00. The van der Waals surface area contributed by atoms with Crippen LogP contribution in [0.3, 0.4) is 0 Å². The Hall–Kier alpha value is -1.28. The zero-order valence-electron chi connectivity index (χ0n) is 13.8. The van der Waals surface area contributed by atoms with E-state index in [0.29, 0.717) is 23.4 Å². The van der Waals surface area contributed by atoms with E-state index in [1.807, 2.05) is 0 Å². The van der Waals surface area contributed by atoms with E-state index >= 15 is 0 Å². The number of fused-ring (bicyclic) bond motifs is 4. The first kappa shape index (κ1) is 13.2. The van der Waals surface area contributed by atoms with Crippen LogP contribution in [0.4, 0.5) is 0 Å². The molecule has 6 atom stereocenters. The SMILES string of the molecule is CC1CC2(C)CC3c4oc5ccccc5c4CC(C)N(C2)C13. The number of benzene rings is 1. The van der Waals surface area contributed by atoms with Gasteiger partial charge in [-0.15, -0.1) is 0 Å². The van der Waals surface area contributed by atoms with Crippen molar-refractivity contribution in [2.75, 3.05) is 6.54 Å². The molecule has 22 heavy (non-hydrogen) atoms. The molecule has 2 saturated heterocycles. The molecule has 1 aromatic heterocycles.